The number of rotatable bonds is 5. The third kappa shape index (κ3) is 6.26. The molecule has 1 heteroatoms. The summed E-state index contributed by atoms with van der Waals surface area (Å²) >= 11 is 0. The van der Waals surface area contributed by atoms with Crippen molar-refractivity contribution in [3.63, 3.8) is 0 Å². The van der Waals surface area contributed by atoms with Crippen molar-refractivity contribution in [2.45, 2.75) is 71.8 Å². The zero-order valence-corrected chi connectivity index (χ0v) is 12.3. The number of hydrogen-bond donors (Lipinski definition) is 1. The van der Waals surface area contributed by atoms with Crippen LogP contribution in [0.4, 0.5) is 0 Å². The fraction of sp³-hybridized carbons (Fsp3) is 0.875. The Hall–Kier alpha value is -0.300. The average molecular weight is 237 g/mol. The van der Waals surface area contributed by atoms with Crippen molar-refractivity contribution >= 4 is 0 Å². The van der Waals surface area contributed by atoms with E-state index in [2.05, 4.69) is 45.2 Å². The Kier molecular flexibility index (Phi) is 6.26. The van der Waals surface area contributed by atoms with Crippen LogP contribution in [-0.2, 0) is 0 Å². The van der Waals surface area contributed by atoms with Gasteiger partial charge in [-0.3, -0.25) is 0 Å². The van der Waals surface area contributed by atoms with Crippen molar-refractivity contribution in [1.29, 1.82) is 0 Å². The normalized spacial score (nSPS) is 26.6. The van der Waals surface area contributed by atoms with Gasteiger partial charge in [-0.1, -0.05) is 38.3 Å². The molecule has 0 spiro atoms. The molecular formula is C16H31N. The maximum atomic E-state index is 3.53. The summed E-state index contributed by atoms with van der Waals surface area (Å²) in [6.45, 7) is 10.1. The van der Waals surface area contributed by atoms with Gasteiger partial charge in [0.2, 0.25) is 0 Å². The number of hydrogen-bond acceptors (Lipinski definition) is 1. The smallest absolute Gasteiger partial charge is 0.00966 e. The van der Waals surface area contributed by atoms with Crippen LogP contribution in [0, 0.1) is 11.8 Å². The van der Waals surface area contributed by atoms with E-state index in [1.807, 2.05) is 0 Å². The van der Waals surface area contributed by atoms with Gasteiger partial charge >= 0.3 is 0 Å². The fourth-order valence-electron chi connectivity index (χ4n) is 2.80. The first-order chi connectivity index (χ1) is 8.03. The first kappa shape index (κ1) is 14.8. The third-order valence-corrected chi connectivity index (χ3v) is 3.84. The minimum atomic E-state index is 0.255. The van der Waals surface area contributed by atoms with Crippen LogP contribution in [0.15, 0.2) is 12.2 Å². The summed E-state index contributed by atoms with van der Waals surface area (Å²) in [7, 11) is 0. The standard InChI is InChI=1S/C16H31N/c1-5-14-10-6-7-11-15(14)12-8-9-13-17-16(2,3)4/h8,12,14-15,17H,5-7,9-11,13H2,1-4H3. The van der Waals surface area contributed by atoms with Gasteiger partial charge in [-0.25, -0.2) is 0 Å². The Morgan fingerprint density at radius 3 is 2.53 bits per heavy atom. The molecule has 0 aliphatic heterocycles. The van der Waals surface area contributed by atoms with Gasteiger partial charge in [0, 0.05) is 5.54 Å². The van der Waals surface area contributed by atoms with E-state index in [9.17, 15) is 0 Å². The molecule has 1 fully saturated rings. The van der Waals surface area contributed by atoms with Crippen LogP contribution in [0.1, 0.15) is 66.2 Å². The van der Waals surface area contributed by atoms with Crippen LogP contribution in [0.3, 0.4) is 0 Å². The molecule has 2 atom stereocenters. The Balaban J connectivity index is 2.22. The molecule has 0 aromatic heterocycles. The molecule has 17 heavy (non-hydrogen) atoms. The molecule has 0 aromatic carbocycles. The number of nitrogens with one attached hydrogen (secondary N) is 1. The summed E-state index contributed by atoms with van der Waals surface area (Å²) in [4.78, 5) is 0. The van der Waals surface area contributed by atoms with Crippen LogP contribution in [-0.4, -0.2) is 12.1 Å². The lowest BCUT2D eigenvalue weighted by Gasteiger charge is -2.28. The maximum absolute atomic E-state index is 3.53. The molecule has 0 amide bonds. The van der Waals surface area contributed by atoms with Crippen molar-refractivity contribution in [3.05, 3.63) is 12.2 Å². The zero-order valence-electron chi connectivity index (χ0n) is 12.3. The van der Waals surface area contributed by atoms with E-state index < -0.39 is 0 Å². The highest BCUT2D eigenvalue weighted by Crippen LogP contribution is 2.33. The Morgan fingerprint density at radius 2 is 1.88 bits per heavy atom. The second kappa shape index (κ2) is 7.20. The first-order valence-corrected chi connectivity index (χ1v) is 7.44. The third-order valence-electron chi connectivity index (χ3n) is 3.84. The SMILES string of the molecule is CCC1CCCCC1C=CCCNC(C)(C)C. The van der Waals surface area contributed by atoms with E-state index >= 15 is 0 Å². The van der Waals surface area contributed by atoms with Gasteiger partial charge < -0.3 is 5.32 Å². The highest BCUT2D eigenvalue weighted by atomic mass is 14.9. The molecule has 0 heterocycles. The molecule has 1 aliphatic rings. The van der Waals surface area contributed by atoms with Gasteiger partial charge in [0.1, 0.15) is 0 Å². The lowest BCUT2D eigenvalue weighted by atomic mass is 9.77. The van der Waals surface area contributed by atoms with Crippen molar-refractivity contribution in [2.75, 3.05) is 6.54 Å². The summed E-state index contributed by atoms with van der Waals surface area (Å²) < 4.78 is 0. The second-order valence-electron chi connectivity index (χ2n) is 6.51. The Labute approximate surface area is 108 Å². The van der Waals surface area contributed by atoms with Gasteiger partial charge in [-0.2, -0.15) is 0 Å². The molecule has 1 rings (SSSR count). The van der Waals surface area contributed by atoms with Gasteiger partial charge in [0.15, 0.2) is 0 Å². The maximum Gasteiger partial charge on any atom is 0.00966 e. The van der Waals surface area contributed by atoms with Gasteiger partial charge in [-0.05, 0) is 58.4 Å². The van der Waals surface area contributed by atoms with Gasteiger partial charge in [0.05, 0.1) is 0 Å². The van der Waals surface area contributed by atoms with E-state index in [0.717, 1.165) is 18.4 Å². The molecule has 1 nitrogen and oxygen atoms in total. The van der Waals surface area contributed by atoms with Crippen molar-refractivity contribution in [1.82, 2.24) is 5.32 Å². The minimum Gasteiger partial charge on any atom is -0.312 e. The summed E-state index contributed by atoms with van der Waals surface area (Å²) in [5.41, 5.74) is 0.255. The van der Waals surface area contributed by atoms with Crippen LogP contribution in [0.2, 0.25) is 0 Å². The van der Waals surface area contributed by atoms with Crippen LogP contribution < -0.4 is 5.32 Å². The van der Waals surface area contributed by atoms with E-state index in [0.29, 0.717) is 0 Å². The topological polar surface area (TPSA) is 12.0 Å². The van der Waals surface area contributed by atoms with E-state index in [1.54, 1.807) is 0 Å². The first-order valence-electron chi connectivity index (χ1n) is 7.44. The number of allylic oxidation sites excluding steroid dienone is 1. The molecular weight excluding hydrogens is 206 g/mol. The van der Waals surface area contributed by atoms with Gasteiger partial charge in [0.25, 0.3) is 0 Å². The van der Waals surface area contributed by atoms with Crippen molar-refractivity contribution in [3.8, 4) is 0 Å². The highest BCUT2D eigenvalue weighted by Gasteiger charge is 2.20. The Bertz CT molecular complexity index is 224. The Morgan fingerprint density at radius 1 is 1.18 bits per heavy atom. The molecule has 0 saturated heterocycles. The van der Waals surface area contributed by atoms with Crippen molar-refractivity contribution in [2.24, 2.45) is 11.8 Å². The molecule has 1 aliphatic carbocycles. The molecule has 100 valence electrons. The lowest BCUT2D eigenvalue weighted by molar-refractivity contribution is 0.276. The van der Waals surface area contributed by atoms with E-state index in [-0.39, 0.29) is 5.54 Å². The quantitative estimate of drug-likeness (QED) is 0.547. The molecule has 0 bridgehead atoms. The molecule has 0 radical (unpaired) electrons. The average Bonchev–Trinajstić information content (AvgIpc) is 2.27. The summed E-state index contributed by atoms with van der Waals surface area (Å²) in [5.74, 6) is 1.82. The van der Waals surface area contributed by atoms with Crippen LogP contribution in [0.25, 0.3) is 0 Å². The van der Waals surface area contributed by atoms with E-state index in [4.69, 9.17) is 0 Å². The molecule has 1 N–H and O–H groups in total. The highest BCUT2D eigenvalue weighted by molar-refractivity contribution is 4.93. The summed E-state index contributed by atoms with van der Waals surface area (Å²) in [5, 5.41) is 3.53. The van der Waals surface area contributed by atoms with E-state index in [1.165, 1.54) is 38.5 Å². The monoisotopic (exact) mass is 237 g/mol. The largest absolute Gasteiger partial charge is 0.312 e. The minimum absolute atomic E-state index is 0.255. The molecule has 0 aromatic rings. The molecule has 2 unspecified atom stereocenters. The van der Waals surface area contributed by atoms with Crippen LogP contribution in [0.5, 0.6) is 0 Å². The fourth-order valence-corrected chi connectivity index (χ4v) is 2.80. The predicted molar refractivity (Wildman–Crippen MR) is 77.3 cm³/mol. The second-order valence-corrected chi connectivity index (χ2v) is 6.51. The summed E-state index contributed by atoms with van der Waals surface area (Å²) in [6.07, 6.45) is 13.2. The van der Waals surface area contributed by atoms with Crippen LogP contribution >= 0.6 is 0 Å². The van der Waals surface area contributed by atoms with Crippen molar-refractivity contribution < 1.29 is 0 Å². The zero-order chi connectivity index (χ0) is 12.7. The van der Waals surface area contributed by atoms with Gasteiger partial charge in [-0.15, -0.1) is 0 Å². The predicted octanol–water partition coefficient (Wildman–Crippen LogP) is 4.54. The lowest BCUT2D eigenvalue weighted by Crippen LogP contribution is -2.36. The summed E-state index contributed by atoms with van der Waals surface area (Å²) in [6, 6.07) is 0. The molecule has 1 saturated carbocycles.